The minimum Gasteiger partial charge on any atom is -0.378 e. The molecule has 0 saturated carbocycles. The Morgan fingerprint density at radius 1 is 1.33 bits per heavy atom. The van der Waals surface area contributed by atoms with E-state index in [4.69, 9.17) is 4.74 Å². The number of amides is 1. The number of carbonyl (C=O) groups is 1. The van der Waals surface area contributed by atoms with Gasteiger partial charge in [0, 0.05) is 0 Å². The number of nitrogens with zero attached hydrogens (tertiary/aromatic N) is 1. The molecule has 3 N–H and O–H groups in total. The van der Waals surface area contributed by atoms with Crippen LogP contribution in [-0.2, 0) is 9.53 Å². The molecule has 0 bridgehead atoms. The Balaban J connectivity index is 1.45. The highest BCUT2D eigenvalue weighted by atomic mass is 16.5. The van der Waals surface area contributed by atoms with E-state index in [0.717, 1.165) is 37.0 Å². The highest BCUT2D eigenvalue weighted by Gasteiger charge is 2.14. The van der Waals surface area contributed by atoms with Crippen molar-refractivity contribution in [1.29, 1.82) is 0 Å². The number of para-hydroxylation sites is 2. The van der Waals surface area contributed by atoms with E-state index in [1.165, 1.54) is 0 Å². The van der Waals surface area contributed by atoms with Crippen LogP contribution in [0.4, 0.5) is 5.95 Å². The zero-order chi connectivity index (χ0) is 14.5. The number of aromatic amines is 1. The van der Waals surface area contributed by atoms with Crippen molar-refractivity contribution in [3.63, 3.8) is 0 Å². The SMILES string of the molecule is O=C(CCOC1CCNCC1)Nc1nc2ccccc2[nH]1. The van der Waals surface area contributed by atoms with Gasteiger partial charge >= 0.3 is 0 Å². The van der Waals surface area contributed by atoms with E-state index in [2.05, 4.69) is 20.6 Å². The number of imidazole rings is 1. The highest BCUT2D eigenvalue weighted by molar-refractivity contribution is 5.91. The van der Waals surface area contributed by atoms with Crippen LogP contribution in [0.1, 0.15) is 19.3 Å². The molecule has 112 valence electrons. The number of anilines is 1. The molecule has 1 amide bonds. The fraction of sp³-hybridized carbons (Fsp3) is 0.467. The third-order valence-corrected chi connectivity index (χ3v) is 3.62. The van der Waals surface area contributed by atoms with Gasteiger partial charge in [0.2, 0.25) is 11.9 Å². The number of benzene rings is 1. The number of piperidine rings is 1. The molecule has 1 saturated heterocycles. The summed E-state index contributed by atoms with van der Waals surface area (Å²) >= 11 is 0. The first kappa shape index (κ1) is 14.0. The van der Waals surface area contributed by atoms with Gasteiger partial charge < -0.3 is 15.0 Å². The average Bonchev–Trinajstić information content (AvgIpc) is 2.90. The molecule has 1 aromatic carbocycles. The van der Waals surface area contributed by atoms with Crippen LogP contribution in [-0.4, -0.2) is 41.7 Å². The molecule has 2 aromatic rings. The standard InChI is InChI=1S/C15H20N4O2/c20-14(7-10-21-11-5-8-16-9-6-11)19-15-17-12-3-1-2-4-13(12)18-15/h1-4,11,16H,5-10H2,(H2,17,18,19,20). The molecule has 6 nitrogen and oxygen atoms in total. The molecule has 1 aromatic heterocycles. The molecule has 0 radical (unpaired) electrons. The Hall–Kier alpha value is -1.92. The number of fused-ring (bicyclic) bond motifs is 1. The summed E-state index contributed by atoms with van der Waals surface area (Å²) in [6.07, 6.45) is 2.67. The van der Waals surface area contributed by atoms with Crippen molar-refractivity contribution in [2.45, 2.75) is 25.4 Å². The molecule has 1 fully saturated rings. The Bertz CT molecular complexity index is 571. The third kappa shape index (κ3) is 3.80. The lowest BCUT2D eigenvalue weighted by Crippen LogP contribution is -2.33. The molecule has 0 atom stereocenters. The summed E-state index contributed by atoms with van der Waals surface area (Å²) in [5.41, 5.74) is 1.76. The molecule has 0 aliphatic carbocycles. The van der Waals surface area contributed by atoms with E-state index in [1.807, 2.05) is 24.3 Å². The second-order valence-electron chi connectivity index (χ2n) is 5.22. The van der Waals surface area contributed by atoms with Crippen LogP contribution < -0.4 is 10.6 Å². The zero-order valence-corrected chi connectivity index (χ0v) is 11.9. The van der Waals surface area contributed by atoms with Crippen molar-refractivity contribution in [1.82, 2.24) is 15.3 Å². The van der Waals surface area contributed by atoms with E-state index in [1.54, 1.807) is 0 Å². The first-order valence-corrected chi connectivity index (χ1v) is 7.38. The minimum atomic E-state index is -0.0806. The number of carbonyl (C=O) groups excluding carboxylic acids is 1. The largest absolute Gasteiger partial charge is 0.378 e. The topological polar surface area (TPSA) is 79.0 Å². The molecule has 6 heteroatoms. The Morgan fingerprint density at radius 3 is 2.95 bits per heavy atom. The molecular formula is C15H20N4O2. The van der Waals surface area contributed by atoms with Crippen molar-refractivity contribution in [3.05, 3.63) is 24.3 Å². The van der Waals surface area contributed by atoms with E-state index in [9.17, 15) is 4.79 Å². The molecule has 1 aliphatic heterocycles. The molecule has 0 unspecified atom stereocenters. The molecule has 0 spiro atoms. The number of H-pyrrole nitrogens is 1. The fourth-order valence-corrected chi connectivity index (χ4v) is 2.49. The number of hydrogen-bond acceptors (Lipinski definition) is 4. The molecule has 3 rings (SSSR count). The number of ether oxygens (including phenoxy) is 1. The average molecular weight is 288 g/mol. The highest BCUT2D eigenvalue weighted by Crippen LogP contribution is 2.13. The van der Waals surface area contributed by atoms with Gasteiger partial charge in [0.25, 0.3) is 0 Å². The van der Waals surface area contributed by atoms with Gasteiger partial charge in [0.15, 0.2) is 0 Å². The smallest absolute Gasteiger partial charge is 0.228 e. The van der Waals surface area contributed by atoms with E-state index >= 15 is 0 Å². The lowest BCUT2D eigenvalue weighted by atomic mass is 10.1. The van der Waals surface area contributed by atoms with Crippen molar-refractivity contribution in [2.75, 3.05) is 25.0 Å². The minimum absolute atomic E-state index is 0.0806. The van der Waals surface area contributed by atoms with Crippen molar-refractivity contribution in [2.24, 2.45) is 0 Å². The molecule has 21 heavy (non-hydrogen) atoms. The van der Waals surface area contributed by atoms with Crippen LogP contribution in [0.2, 0.25) is 0 Å². The first-order valence-electron chi connectivity index (χ1n) is 7.38. The lowest BCUT2D eigenvalue weighted by Gasteiger charge is -2.22. The normalized spacial score (nSPS) is 16.2. The van der Waals surface area contributed by atoms with Crippen molar-refractivity contribution in [3.8, 4) is 0 Å². The van der Waals surface area contributed by atoms with Crippen LogP contribution in [0.5, 0.6) is 0 Å². The predicted octanol–water partition coefficient (Wildman–Crippen LogP) is 1.66. The summed E-state index contributed by atoms with van der Waals surface area (Å²) in [5.74, 6) is 0.408. The van der Waals surface area contributed by atoms with Gasteiger partial charge in [-0.1, -0.05) is 12.1 Å². The third-order valence-electron chi connectivity index (χ3n) is 3.62. The van der Waals surface area contributed by atoms with Crippen LogP contribution in [0, 0.1) is 0 Å². The van der Waals surface area contributed by atoms with Crippen molar-refractivity contribution < 1.29 is 9.53 Å². The Morgan fingerprint density at radius 2 is 2.14 bits per heavy atom. The van der Waals surface area contributed by atoms with Crippen LogP contribution in [0.15, 0.2) is 24.3 Å². The maximum atomic E-state index is 11.9. The fourth-order valence-electron chi connectivity index (χ4n) is 2.49. The summed E-state index contributed by atoms with van der Waals surface area (Å²) in [7, 11) is 0. The second kappa shape index (κ2) is 6.69. The van der Waals surface area contributed by atoms with Gasteiger partial charge in [-0.3, -0.25) is 10.1 Å². The van der Waals surface area contributed by atoms with Gasteiger partial charge in [-0.2, -0.15) is 0 Å². The van der Waals surface area contributed by atoms with Gasteiger partial charge in [0.05, 0.1) is 30.2 Å². The number of hydrogen-bond donors (Lipinski definition) is 3. The number of rotatable bonds is 5. The van der Waals surface area contributed by atoms with Gasteiger partial charge in [-0.15, -0.1) is 0 Å². The summed E-state index contributed by atoms with van der Waals surface area (Å²) in [6, 6.07) is 7.68. The van der Waals surface area contributed by atoms with Crippen LogP contribution >= 0.6 is 0 Å². The molecule has 2 heterocycles. The summed E-state index contributed by atoms with van der Waals surface area (Å²) < 4.78 is 5.72. The summed E-state index contributed by atoms with van der Waals surface area (Å²) in [4.78, 5) is 19.3. The monoisotopic (exact) mass is 288 g/mol. The summed E-state index contributed by atoms with van der Waals surface area (Å²) in [6.45, 7) is 2.45. The number of aromatic nitrogens is 2. The lowest BCUT2D eigenvalue weighted by molar-refractivity contribution is -0.117. The first-order chi connectivity index (χ1) is 10.3. The van der Waals surface area contributed by atoms with Gasteiger partial charge in [-0.05, 0) is 38.1 Å². The molecule has 1 aliphatic rings. The number of nitrogens with one attached hydrogen (secondary N) is 3. The van der Waals surface area contributed by atoms with Gasteiger partial charge in [0.1, 0.15) is 0 Å². The van der Waals surface area contributed by atoms with Crippen LogP contribution in [0.3, 0.4) is 0 Å². The van der Waals surface area contributed by atoms with Crippen LogP contribution in [0.25, 0.3) is 11.0 Å². The van der Waals surface area contributed by atoms with Crippen molar-refractivity contribution >= 4 is 22.9 Å². The Labute approximate surface area is 123 Å². The maximum Gasteiger partial charge on any atom is 0.228 e. The maximum absolute atomic E-state index is 11.9. The quantitative estimate of drug-likeness (QED) is 0.782. The van der Waals surface area contributed by atoms with E-state index in [-0.39, 0.29) is 12.0 Å². The van der Waals surface area contributed by atoms with E-state index in [0.29, 0.717) is 19.0 Å². The molecular weight excluding hydrogens is 268 g/mol. The second-order valence-corrected chi connectivity index (χ2v) is 5.22. The van der Waals surface area contributed by atoms with Gasteiger partial charge in [-0.25, -0.2) is 4.98 Å². The zero-order valence-electron chi connectivity index (χ0n) is 11.9. The van der Waals surface area contributed by atoms with E-state index < -0.39 is 0 Å². The Kier molecular flexibility index (Phi) is 4.47. The predicted molar refractivity (Wildman–Crippen MR) is 81.2 cm³/mol. The summed E-state index contributed by atoms with van der Waals surface area (Å²) in [5, 5.41) is 6.06.